The Balaban J connectivity index is 0. The molecule has 0 spiro atoms. The monoisotopic (exact) mass is 700 g/mol. The van der Waals surface area contributed by atoms with Crippen molar-refractivity contribution in [2.24, 2.45) is 0 Å². The molecule has 2 saturated heterocycles. The Labute approximate surface area is 290 Å². The molecule has 2 aliphatic rings. The number of aliphatic hydroxyl groups excluding tert-OH is 2. The number of ether oxygens (including phenoxy) is 8. The van der Waals surface area contributed by atoms with Gasteiger partial charge in [0.15, 0.2) is 0 Å². The lowest BCUT2D eigenvalue weighted by atomic mass is 10.4. The molecule has 0 aromatic heterocycles. The van der Waals surface area contributed by atoms with Gasteiger partial charge in [-0.05, 0) is 20.8 Å². The smallest absolute Gasteiger partial charge is 0.331 e. The van der Waals surface area contributed by atoms with Gasteiger partial charge in [0.25, 0.3) is 0 Å². The van der Waals surface area contributed by atoms with Crippen molar-refractivity contribution in [1.29, 1.82) is 0 Å². The van der Waals surface area contributed by atoms with Crippen LogP contribution in [-0.4, -0.2) is 137 Å². The molecule has 0 aromatic carbocycles. The fourth-order valence-corrected chi connectivity index (χ4v) is 2.82. The highest BCUT2D eigenvalue weighted by atomic mass is 16.6. The van der Waals surface area contributed by atoms with Gasteiger partial charge >= 0.3 is 17.9 Å². The van der Waals surface area contributed by atoms with Crippen molar-refractivity contribution < 1.29 is 67.6 Å². The lowest BCUT2D eigenvalue weighted by Crippen LogP contribution is -2.29. The molecule has 0 aliphatic carbocycles. The van der Waals surface area contributed by atoms with Crippen LogP contribution in [0.1, 0.15) is 28.2 Å². The predicted molar refractivity (Wildman–Crippen MR) is 183 cm³/mol. The Morgan fingerprint density at radius 1 is 0.633 bits per heavy atom. The molecule has 2 fully saturated rings. The zero-order valence-electron chi connectivity index (χ0n) is 28.1. The fraction of sp³-hybridized carbons (Fsp3) is 0.571. The third kappa shape index (κ3) is 35.7. The molecule has 14 heteroatoms. The molecule has 49 heavy (non-hydrogen) atoms. The number of rotatable bonds is 24. The first kappa shape index (κ1) is 47.6. The molecule has 0 aromatic rings. The lowest BCUT2D eigenvalue weighted by molar-refractivity contribution is -0.151. The maximum Gasteiger partial charge on any atom is 0.331 e. The van der Waals surface area contributed by atoms with E-state index in [1.165, 1.54) is 30.4 Å². The minimum Gasteiger partial charge on any atom is -0.478 e. The molecular weight excluding hydrogens is 644 g/mol. The Morgan fingerprint density at radius 3 is 1.29 bits per heavy atom. The molecule has 0 bridgehead atoms. The summed E-state index contributed by atoms with van der Waals surface area (Å²) >= 11 is 0. The van der Waals surface area contributed by atoms with E-state index in [4.69, 9.17) is 43.0 Å². The minimum absolute atomic E-state index is 0. The third-order valence-corrected chi connectivity index (χ3v) is 5.35. The fourth-order valence-electron chi connectivity index (χ4n) is 2.82. The summed E-state index contributed by atoms with van der Waals surface area (Å²) in [6.07, 6.45) is 17.6. The van der Waals surface area contributed by atoms with Crippen molar-refractivity contribution in [1.82, 2.24) is 0 Å². The average molecular weight is 701 g/mol. The number of hydrogen-bond acceptors (Lipinski definition) is 13. The number of carbonyl (C=O) groups is 3. The molecule has 2 heterocycles. The summed E-state index contributed by atoms with van der Waals surface area (Å²) in [7, 11) is 0. The number of carboxylic acids is 1. The predicted octanol–water partition coefficient (Wildman–Crippen LogP) is 2.75. The molecular formula is C35H56O14. The average Bonchev–Trinajstić information content (AvgIpc) is 4.01. The summed E-state index contributed by atoms with van der Waals surface area (Å²) in [4.78, 5) is 32.7. The molecule has 4 unspecified atom stereocenters. The van der Waals surface area contributed by atoms with E-state index in [1.807, 2.05) is 20.8 Å². The van der Waals surface area contributed by atoms with Crippen LogP contribution < -0.4 is 0 Å². The van der Waals surface area contributed by atoms with E-state index in [2.05, 4.69) is 0 Å². The maximum absolute atomic E-state index is 11.5. The summed E-state index contributed by atoms with van der Waals surface area (Å²) in [5.74, 6) is -2.07. The molecule has 2 rings (SSSR count). The van der Waals surface area contributed by atoms with Crippen LogP contribution in [0, 0.1) is 0 Å². The van der Waals surface area contributed by atoms with Gasteiger partial charge in [-0.2, -0.15) is 0 Å². The summed E-state index contributed by atoms with van der Waals surface area (Å²) < 4.78 is 41.1. The summed E-state index contributed by atoms with van der Waals surface area (Å²) in [6, 6.07) is 0. The number of esters is 2. The van der Waals surface area contributed by atoms with E-state index in [9.17, 15) is 24.6 Å². The van der Waals surface area contributed by atoms with Crippen molar-refractivity contribution in [3.8, 4) is 0 Å². The molecule has 4 atom stereocenters. The van der Waals surface area contributed by atoms with E-state index >= 15 is 0 Å². The first-order valence-corrected chi connectivity index (χ1v) is 15.6. The van der Waals surface area contributed by atoms with Gasteiger partial charge in [-0.1, -0.05) is 62.1 Å². The Hall–Kier alpha value is -3.47. The van der Waals surface area contributed by atoms with E-state index in [0.29, 0.717) is 38.6 Å². The highest BCUT2D eigenvalue weighted by molar-refractivity contribution is 5.82. The Bertz CT molecular complexity index is 946. The van der Waals surface area contributed by atoms with E-state index in [-0.39, 0.29) is 47.1 Å². The van der Waals surface area contributed by atoms with Crippen molar-refractivity contribution in [3.05, 3.63) is 72.9 Å². The standard InChI is InChI=1S/C20H30O8.C8H14O4.C6H8O2.CH4/c1-3-5-7-9-19(23)27-17(13-21)15-25-11-12-26-16-18(14-22)28-20(24)10-8-6-4-2;1(9-3-7-5-11-7)2-10-4-8-6-12-8;1-2-3-4-5-6(7)8;/h3-10,17-18,21-22H,11-16H2,1-2H3;7-8H,1-6H2;2-5H,1H3,(H,7,8);1H4/b5-3+,6-4+,9-7+,10-8+;;3-2+,5-4+;. The Morgan fingerprint density at radius 2 is 0.980 bits per heavy atom. The normalized spacial score (nSPS) is 17.8. The second kappa shape index (κ2) is 34.4. The van der Waals surface area contributed by atoms with Gasteiger partial charge in [-0.15, -0.1) is 0 Å². The number of carboxylic acid groups (broad SMARTS) is 1. The summed E-state index contributed by atoms with van der Waals surface area (Å²) in [6.45, 7) is 9.56. The molecule has 0 radical (unpaired) electrons. The van der Waals surface area contributed by atoms with Crippen LogP contribution in [-0.2, 0) is 52.3 Å². The highest BCUT2D eigenvalue weighted by Crippen LogP contribution is 2.09. The van der Waals surface area contributed by atoms with Gasteiger partial charge < -0.3 is 53.2 Å². The number of allylic oxidation sites excluding steroid dienone is 9. The number of aliphatic carboxylic acids is 1. The zero-order chi connectivity index (χ0) is 35.7. The van der Waals surface area contributed by atoms with E-state index in [0.717, 1.165) is 19.3 Å². The lowest BCUT2D eigenvalue weighted by Gasteiger charge is -2.16. The number of aliphatic hydroxyl groups is 2. The third-order valence-electron chi connectivity index (χ3n) is 5.35. The number of carbonyl (C=O) groups excluding carboxylic acids is 2. The van der Waals surface area contributed by atoms with Crippen LogP contribution in [0.4, 0.5) is 0 Å². The highest BCUT2D eigenvalue weighted by Gasteiger charge is 2.23. The van der Waals surface area contributed by atoms with Gasteiger partial charge in [0.2, 0.25) is 0 Å². The quantitative estimate of drug-likeness (QED) is 0.0438. The van der Waals surface area contributed by atoms with Crippen LogP contribution in [0.25, 0.3) is 0 Å². The molecule has 0 saturated carbocycles. The van der Waals surface area contributed by atoms with Crippen LogP contribution in [0.3, 0.4) is 0 Å². The van der Waals surface area contributed by atoms with Gasteiger partial charge in [0, 0.05) is 18.2 Å². The second-order valence-corrected chi connectivity index (χ2v) is 9.69. The SMILES string of the molecule is C.C(COCC1CO1)OCC1CO1.C/C=C/C=C/C(=O)O.C/C=C/C=C/C(=O)OC(CO)COCCOCC(CO)OC(=O)/C=C/C=C/C. The molecule has 280 valence electrons. The number of hydrogen-bond donors (Lipinski definition) is 3. The van der Waals surface area contributed by atoms with Crippen molar-refractivity contribution in [3.63, 3.8) is 0 Å². The van der Waals surface area contributed by atoms with Crippen LogP contribution in [0.2, 0.25) is 0 Å². The first-order valence-electron chi connectivity index (χ1n) is 15.6. The maximum atomic E-state index is 11.5. The van der Waals surface area contributed by atoms with E-state index < -0.39 is 30.1 Å². The molecule has 0 amide bonds. The summed E-state index contributed by atoms with van der Waals surface area (Å²) in [5, 5.41) is 26.4. The largest absolute Gasteiger partial charge is 0.478 e. The van der Waals surface area contributed by atoms with Gasteiger partial charge in [0.05, 0.1) is 79.3 Å². The topological polar surface area (TPSA) is 192 Å². The van der Waals surface area contributed by atoms with Gasteiger partial charge in [-0.25, -0.2) is 14.4 Å². The van der Waals surface area contributed by atoms with Crippen molar-refractivity contribution >= 4 is 17.9 Å². The molecule has 2 aliphatic heterocycles. The van der Waals surface area contributed by atoms with Gasteiger partial charge in [-0.3, -0.25) is 0 Å². The van der Waals surface area contributed by atoms with Crippen LogP contribution in [0.5, 0.6) is 0 Å². The first-order chi connectivity index (χ1) is 23.3. The summed E-state index contributed by atoms with van der Waals surface area (Å²) in [5.41, 5.74) is 0. The second-order valence-electron chi connectivity index (χ2n) is 9.69. The van der Waals surface area contributed by atoms with Crippen LogP contribution in [0.15, 0.2) is 72.9 Å². The van der Waals surface area contributed by atoms with Crippen molar-refractivity contribution in [2.75, 3.05) is 79.3 Å². The minimum atomic E-state index is -0.914. The molecule has 14 nitrogen and oxygen atoms in total. The van der Waals surface area contributed by atoms with E-state index in [1.54, 1.807) is 36.5 Å². The van der Waals surface area contributed by atoms with Crippen LogP contribution >= 0.6 is 0 Å². The molecule has 3 N–H and O–H groups in total. The number of epoxide rings is 2. The van der Waals surface area contributed by atoms with Gasteiger partial charge in [0.1, 0.15) is 24.4 Å². The zero-order valence-corrected chi connectivity index (χ0v) is 28.1. The van der Waals surface area contributed by atoms with Crippen molar-refractivity contribution in [2.45, 2.75) is 52.6 Å². The Kier molecular flexibility index (Phi) is 33.4.